The van der Waals surface area contributed by atoms with Gasteiger partial charge in [-0.2, -0.15) is 0 Å². The normalized spacial score (nSPS) is 12.8. The van der Waals surface area contributed by atoms with Crippen LogP contribution in [0.1, 0.15) is 150 Å². The maximum Gasteiger partial charge on any atom is 0.0123 e. The van der Waals surface area contributed by atoms with Gasteiger partial charge in [0.25, 0.3) is 0 Å². The van der Waals surface area contributed by atoms with Gasteiger partial charge in [-0.05, 0) is 26.2 Å². The first-order valence-corrected chi connectivity index (χ1v) is 12.3. The molecular weight excluding hydrogens is 441 g/mol. The van der Waals surface area contributed by atoms with E-state index < -0.39 is 0 Å². The number of hydrogen-bond acceptors (Lipinski definition) is 1. The smallest absolute Gasteiger partial charge is 0.0123 e. The lowest BCUT2D eigenvalue weighted by Crippen LogP contribution is -2.39. The summed E-state index contributed by atoms with van der Waals surface area (Å²) in [5.74, 6) is 0.642. The maximum absolute atomic E-state index is 6.16. The van der Waals surface area contributed by atoms with Gasteiger partial charge in [0.05, 0.1) is 0 Å². The Kier molecular flexibility index (Phi) is 23.7. The van der Waals surface area contributed by atoms with Gasteiger partial charge in [0.2, 0.25) is 0 Å². The molecule has 0 aliphatic rings. The van der Waals surface area contributed by atoms with Crippen molar-refractivity contribution in [1.29, 1.82) is 0 Å². The van der Waals surface area contributed by atoms with E-state index in [1.165, 1.54) is 122 Å². The van der Waals surface area contributed by atoms with Gasteiger partial charge in [-0.1, -0.05) is 129 Å². The fourth-order valence-electron chi connectivity index (χ4n) is 3.72. The monoisotopic (exact) mass is 495 g/mol. The first-order valence-electron chi connectivity index (χ1n) is 12.3. The fourth-order valence-corrected chi connectivity index (χ4v) is 3.72. The van der Waals surface area contributed by atoms with Gasteiger partial charge in [0, 0.05) is 5.54 Å². The fraction of sp³-hybridized carbons (Fsp3) is 1.00. The van der Waals surface area contributed by atoms with Gasteiger partial charge < -0.3 is 5.73 Å². The van der Waals surface area contributed by atoms with Crippen LogP contribution < -0.4 is 5.73 Å². The quantitative estimate of drug-likeness (QED) is 0.132. The van der Waals surface area contributed by atoms with Crippen molar-refractivity contribution >= 4 is 24.0 Å². The van der Waals surface area contributed by atoms with Crippen LogP contribution in [0.4, 0.5) is 0 Å². The molecule has 0 aromatic heterocycles. The maximum atomic E-state index is 6.16. The summed E-state index contributed by atoms with van der Waals surface area (Å²) in [6.07, 6.45) is 27.4. The summed E-state index contributed by atoms with van der Waals surface area (Å²) in [5, 5.41) is 0. The standard InChI is InChI=1S/C25H53N.HI/c1-5-6-7-8-9-10-11-12-13-14-15-16-17-18-19-20-21-22-23-24(2)25(3,4)26;/h24H,5-23,26H2,1-4H3;1H. The molecule has 27 heavy (non-hydrogen) atoms. The SMILES string of the molecule is CCCCCCCCCCCCCCCCCCCCC(C)C(C)(C)N.I. The molecular formula is C25H54IN. The van der Waals surface area contributed by atoms with E-state index in [4.69, 9.17) is 5.73 Å². The van der Waals surface area contributed by atoms with Crippen LogP contribution >= 0.6 is 24.0 Å². The molecule has 0 heterocycles. The van der Waals surface area contributed by atoms with Crippen molar-refractivity contribution in [2.24, 2.45) is 11.7 Å². The minimum Gasteiger partial charge on any atom is -0.325 e. The minimum absolute atomic E-state index is 0. The van der Waals surface area contributed by atoms with E-state index in [1.54, 1.807) is 0 Å². The Morgan fingerprint density at radius 2 is 0.815 bits per heavy atom. The molecule has 0 aliphatic heterocycles. The van der Waals surface area contributed by atoms with Gasteiger partial charge in [0.15, 0.2) is 0 Å². The topological polar surface area (TPSA) is 26.0 Å². The predicted octanol–water partition coefficient (Wildman–Crippen LogP) is 9.41. The number of halogens is 1. The van der Waals surface area contributed by atoms with Crippen LogP contribution in [0.5, 0.6) is 0 Å². The highest BCUT2D eigenvalue weighted by Gasteiger charge is 2.19. The Balaban J connectivity index is 0. The molecule has 1 nitrogen and oxygen atoms in total. The summed E-state index contributed by atoms with van der Waals surface area (Å²) >= 11 is 0. The van der Waals surface area contributed by atoms with Crippen molar-refractivity contribution in [3.8, 4) is 0 Å². The van der Waals surface area contributed by atoms with Crippen LogP contribution in [0.15, 0.2) is 0 Å². The molecule has 0 amide bonds. The van der Waals surface area contributed by atoms with E-state index >= 15 is 0 Å². The predicted molar refractivity (Wildman–Crippen MR) is 136 cm³/mol. The number of rotatable bonds is 20. The molecule has 1 unspecified atom stereocenters. The largest absolute Gasteiger partial charge is 0.325 e. The van der Waals surface area contributed by atoms with Crippen molar-refractivity contribution in [3.63, 3.8) is 0 Å². The third-order valence-corrected chi connectivity index (χ3v) is 6.26. The second-order valence-corrected chi connectivity index (χ2v) is 9.52. The van der Waals surface area contributed by atoms with Gasteiger partial charge in [-0.15, -0.1) is 24.0 Å². The summed E-state index contributed by atoms with van der Waals surface area (Å²) in [7, 11) is 0. The Hall–Kier alpha value is 0.690. The van der Waals surface area contributed by atoms with Gasteiger partial charge in [-0.25, -0.2) is 0 Å². The van der Waals surface area contributed by atoms with Gasteiger partial charge >= 0.3 is 0 Å². The minimum atomic E-state index is -0.00532. The lowest BCUT2D eigenvalue weighted by molar-refractivity contribution is 0.316. The second-order valence-electron chi connectivity index (χ2n) is 9.52. The van der Waals surface area contributed by atoms with E-state index in [0.717, 1.165) is 0 Å². The summed E-state index contributed by atoms with van der Waals surface area (Å²) in [6, 6.07) is 0. The van der Waals surface area contributed by atoms with Crippen LogP contribution in [0.25, 0.3) is 0 Å². The first kappa shape index (κ1) is 29.9. The average molecular weight is 496 g/mol. The molecule has 2 N–H and O–H groups in total. The Bertz CT molecular complexity index is 272. The zero-order valence-corrected chi connectivity index (χ0v) is 21.8. The highest BCUT2D eigenvalue weighted by atomic mass is 127. The van der Waals surface area contributed by atoms with Crippen molar-refractivity contribution in [3.05, 3.63) is 0 Å². The highest BCUT2D eigenvalue weighted by Crippen LogP contribution is 2.20. The second kappa shape index (κ2) is 21.4. The lowest BCUT2D eigenvalue weighted by atomic mass is 9.86. The molecule has 2 heteroatoms. The zero-order valence-electron chi connectivity index (χ0n) is 19.5. The van der Waals surface area contributed by atoms with E-state index in [1.807, 2.05) is 0 Å². The molecule has 0 aliphatic carbocycles. The van der Waals surface area contributed by atoms with E-state index in [9.17, 15) is 0 Å². The van der Waals surface area contributed by atoms with E-state index in [0.29, 0.717) is 5.92 Å². The average Bonchev–Trinajstić information content (AvgIpc) is 2.59. The Morgan fingerprint density at radius 1 is 0.556 bits per heavy atom. The van der Waals surface area contributed by atoms with Crippen molar-refractivity contribution < 1.29 is 0 Å². The van der Waals surface area contributed by atoms with Crippen molar-refractivity contribution in [2.45, 2.75) is 155 Å². The number of hydrogen-bond donors (Lipinski definition) is 1. The van der Waals surface area contributed by atoms with Crippen LogP contribution in [-0.4, -0.2) is 5.54 Å². The first-order chi connectivity index (χ1) is 12.5. The summed E-state index contributed by atoms with van der Waals surface area (Å²) < 4.78 is 0. The van der Waals surface area contributed by atoms with Crippen LogP contribution in [0.2, 0.25) is 0 Å². The highest BCUT2D eigenvalue weighted by molar-refractivity contribution is 14.0. The molecule has 0 aromatic rings. The third kappa shape index (κ3) is 22.8. The molecule has 1 atom stereocenters. The Morgan fingerprint density at radius 3 is 1.07 bits per heavy atom. The molecule has 0 fully saturated rings. The summed E-state index contributed by atoms with van der Waals surface area (Å²) in [4.78, 5) is 0. The lowest BCUT2D eigenvalue weighted by Gasteiger charge is -2.27. The van der Waals surface area contributed by atoms with Gasteiger partial charge in [-0.3, -0.25) is 0 Å². The van der Waals surface area contributed by atoms with Gasteiger partial charge in [0.1, 0.15) is 0 Å². The molecule has 0 aromatic carbocycles. The molecule has 0 saturated heterocycles. The molecule has 0 bridgehead atoms. The van der Waals surface area contributed by atoms with Crippen LogP contribution in [-0.2, 0) is 0 Å². The molecule has 0 radical (unpaired) electrons. The summed E-state index contributed by atoms with van der Waals surface area (Å²) in [5.41, 5.74) is 6.15. The zero-order chi connectivity index (χ0) is 19.5. The van der Waals surface area contributed by atoms with E-state index in [-0.39, 0.29) is 29.5 Å². The summed E-state index contributed by atoms with van der Waals surface area (Å²) in [6.45, 7) is 8.91. The third-order valence-electron chi connectivity index (χ3n) is 6.26. The van der Waals surface area contributed by atoms with Crippen molar-refractivity contribution in [2.75, 3.05) is 0 Å². The Labute approximate surface area is 190 Å². The molecule has 166 valence electrons. The van der Waals surface area contributed by atoms with E-state index in [2.05, 4.69) is 27.7 Å². The number of unbranched alkanes of at least 4 members (excludes halogenated alkanes) is 17. The van der Waals surface area contributed by atoms with Crippen LogP contribution in [0.3, 0.4) is 0 Å². The molecule has 0 rings (SSSR count). The van der Waals surface area contributed by atoms with Crippen LogP contribution in [0, 0.1) is 5.92 Å². The molecule has 0 saturated carbocycles. The molecule has 0 spiro atoms. The van der Waals surface area contributed by atoms with Crippen molar-refractivity contribution in [1.82, 2.24) is 0 Å². The number of nitrogens with two attached hydrogens (primary N) is 1.